The van der Waals surface area contributed by atoms with Gasteiger partial charge >= 0.3 is 0 Å². The van der Waals surface area contributed by atoms with E-state index in [0.717, 1.165) is 106 Å². The van der Waals surface area contributed by atoms with Crippen molar-refractivity contribution in [3.63, 3.8) is 0 Å². The van der Waals surface area contributed by atoms with E-state index in [1.807, 2.05) is 72.7 Å². The molecule has 8 aromatic carbocycles. The second kappa shape index (κ2) is 14.3. The Labute approximate surface area is 405 Å². The molecule has 0 radical (unpaired) electrons. The molecule has 70 heavy (non-hydrogen) atoms. The van der Waals surface area contributed by atoms with Crippen LogP contribution in [0.25, 0.3) is 76.1 Å². The molecule has 0 fully saturated rings. The van der Waals surface area contributed by atoms with Gasteiger partial charge in [-0.05, 0) is 113 Å². The van der Waals surface area contributed by atoms with Gasteiger partial charge in [-0.15, -0.1) is 0 Å². The second-order valence-corrected chi connectivity index (χ2v) is 19.0. The maximum atomic E-state index is 7.80. The number of nitrogens with zero attached hydrogens (tertiary/aromatic N) is 7. The monoisotopic (exact) mass is 911 g/mol. The third-order valence-corrected chi connectivity index (χ3v) is 15.6. The first-order chi connectivity index (χ1) is 34.6. The van der Waals surface area contributed by atoms with Crippen molar-refractivity contribution >= 4 is 83.8 Å². The van der Waals surface area contributed by atoms with Gasteiger partial charge in [-0.2, -0.15) is 0 Å². The number of aromatic nitrogens is 4. The van der Waals surface area contributed by atoms with Gasteiger partial charge in [0.2, 0.25) is 0 Å². The minimum Gasteiger partial charge on any atom is -0.457 e. The number of fused-ring (bicyclic) bond motifs is 17. The van der Waals surface area contributed by atoms with Crippen LogP contribution in [0.2, 0.25) is 0 Å². The third-order valence-electron chi connectivity index (χ3n) is 14.4. The first-order valence-corrected chi connectivity index (χ1v) is 23.8. The van der Waals surface area contributed by atoms with Crippen LogP contribution < -0.4 is 9.64 Å². The van der Waals surface area contributed by atoms with E-state index in [1.165, 1.54) is 21.2 Å². The van der Waals surface area contributed by atoms with E-state index >= 15 is 0 Å². The summed E-state index contributed by atoms with van der Waals surface area (Å²) in [5, 5.41) is 4.14. The van der Waals surface area contributed by atoms with Gasteiger partial charge in [0, 0.05) is 60.9 Å². The fraction of sp³-hybridized carbons (Fsp3) is 0.0164. The first kappa shape index (κ1) is 38.7. The van der Waals surface area contributed by atoms with Crippen molar-refractivity contribution in [1.29, 1.82) is 0 Å². The molecule has 8 nitrogen and oxygen atoms in total. The summed E-state index contributed by atoms with van der Waals surface area (Å²) >= 11 is 1.82. The molecule has 9 heteroatoms. The number of pyridine rings is 2. The van der Waals surface area contributed by atoms with E-state index in [1.54, 1.807) is 0 Å². The largest absolute Gasteiger partial charge is 0.457 e. The molecule has 0 amide bonds. The van der Waals surface area contributed by atoms with Crippen LogP contribution >= 0.6 is 11.8 Å². The van der Waals surface area contributed by atoms with Crippen LogP contribution in [0.15, 0.2) is 210 Å². The molecular formula is C61H33N7OS. The van der Waals surface area contributed by atoms with Gasteiger partial charge in [-0.25, -0.2) is 9.69 Å². The molecule has 12 aromatic rings. The van der Waals surface area contributed by atoms with Crippen LogP contribution in [-0.4, -0.2) is 19.1 Å². The smallest absolute Gasteiger partial charge is 0.188 e. The van der Waals surface area contributed by atoms with Gasteiger partial charge in [0.05, 0.1) is 75.3 Å². The Morgan fingerprint density at radius 3 is 1.79 bits per heavy atom. The van der Waals surface area contributed by atoms with Gasteiger partial charge in [0.15, 0.2) is 11.4 Å². The van der Waals surface area contributed by atoms with E-state index in [4.69, 9.17) is 27.8 Å². The lowest BCUT2D eigenvalue weighted by atomic mass is 9.66. The molecule has 0 saturated carbocycles. The van der Waals surface area contributed by atoms with Crippen LogP contribution in [0.5, 0.6) is 11.5 Å². The number of ether oxygens (including phenoxy) is 1. The summed E-state index contributed by atoms with van der Waals surface area (Å²) in [7, 11) is 0. The van der Waals surface area contributed by atoms with Crippen LogP contribution in [0.1, 0.15) is 22.3 Å². The predicted octanol–water partition coefficient (Wildman–Crippen LogP) is 16.2. The Morgan fingerprint density at radius 1 is 0.443 bits per heavy atom. The lowest BCUT2D eigenvalue weighted by Gasteiger charge is -2.39. The summed E-state index contributed by atoms with van der Waals surface area (Å²) in [6, 6.07) is 65.8. The molecule has 3 aliphatic rings. The molecular weight excluding hydrogens is 879 g/mol. The summed E-state index contributed by atoms with van der Waals surface area (Å²) in [5.41, 5.74) is 15.3. The van der Waals surface area contributed by atoms with Crippen molar-refractivity contribution in [2.45, 2.75) is 15.2 Å². The molecule has 0 bridgehead atoms. The van der Waals surface area contributed by atoms with Gasteiger partial charge in [0.1, 0.15) is 11.5 Å². The van der Waals surface area contributed by atoms with E-state index in [2.05, 4.69) is 163 Å². The lowest BCUT2D eigenvalue weighted by molar-refractivity contribution is 0.436. The highest BCUT2D eigenvalue weighted by Crippen LogP contribution is 2.62. The number of para-hydroxylation sites is 4. The minimum absolute atomic E-state index is 0.543. The molecule has 4 aromatic heterocycles. The summed E-state index contributed by atoms with van der Waals surface area (Å²) < 4.78 is 11.6. The van der Waals surface area contributed by atoms with Crippen LogP contribution in [0, 0.1) is 13.1 Å². The Balaban J connectivity index is 0.943. The minimum atomic E-state index is -0.840. The average Bonchev–Trinajstić information content (AvgIpc) is 4.03. The summed E-state index contributed by atoms with van der Waals surface area (Å²) in [4.78, 5) is 22.7. The van der Waals surface area contributed by atoms with Gasteiger partial charge in [-0.1, -0.05) is 96.7 Å². The fourth-order valence-electron chi connectivity index (χ4n) is 11.6. The number of hydrogen-bond acceptors (Lipinski definition) is 5. The van der Waals surface area contributed by atoms with Crippen molar-refractivity contribution in [2.24, 2.45) is 0 Å². The zero-order chi connectivity index (χ0) is 46.2. The molecule has 0 saturated heterocycles. The van der Waals surface area contributed by atoms with Crippen LogP contribution in [0.4, 0.5) is 28.4 Å². The molecule has 2 aliphatic heterocycles. The standard InChI is InChI=1S/C61H33N7OS/c1-62-36-21-26-50-42(30-36)43-31-37(63-2)22-27-51(43)68(50)40-33-48-60(65-35-40)59-47(14-11-29-64-59)61(48)45-13-4-8-18-55(45)69-56-34-39(23-25-46(56)61)66-49-15-5-3-12-41(49)44-32-38(24-28-52(44)66)67-53-16-6-9-19-57(53)70-58-20-10-7-17-54(58)67/h3-35H. The van der Waals surface area contributed by atoms with Crippen molar-refractivity contribution in [2.75, 3.05) is 4.90 Å². The fourth-order valence-corrected chi connectivity index (χ4v) is 12.7. The molecule has 6 heterocycles. The quantitative estimate of drug-likeness (QED) is 0.165. The first-order valence-electron chi connectivity index (χ1n) is 23.0. The molecule has 324 valence electrons. The molecule has 0 N–H and O–H groups in total. The predicted molar refractivity (Wildman–Crippen MR) is 279 cm³/mol. The van der Waals surface area contributed by atoms with Crippen molar-refractivity contribution in [3.05, 3.63) is 246 Å². The molecule has 1 unspecified atom stereocenters. The molecule has 1 atom stereocenters. The highest BCUT2D eigenvalue weighted by atomic mass is 32.2. The number of benzene rings is 8. The van der Waals surface area contributed by atoms with Gasteiger partial charge in [0.25, 0.3) is 0 Å². The summed E-state index contributed by atoms with van der Waals surface area (Å²) in [5.74, 6) is 1.52. The van der Waals surface area contributed by atoms with E-state index in [9.17, 15) is 0 Å². The van der Waals surface area contributed by atoms with Crippen LogP contribution in [0.3, 0.4) is 0 Å². The third kappa shape index (κ3) is 5.13. The summed E-state index contributed by atoms with van der Waals surface area (Å²) in [6.07, 6.45) is 3.77. The summed E-state index contributed by atoms with van der Waals surface area (Å²) in [6.45, 7) is 15.6. The van der Waals surface area contributed by atoms with E-state index in [0.29, 0.717) is 11.4 Å². The Hall–Kier alpha value is -9.41. The Kier molecular flexibility index (Phi) is 7.90. The van der Waals surface area contributed by atoms with Gasteiger partial charge in [-0.3, -0.25) is 9.97 Å². The molecule has 15 rings (SSSR count). The zero-order valence-electron chi connectivity index (χ0n) is 37.0. The number of rotatable bonds is 3. The number of hydrogen-bond donors (Lipinski definition) is 0. The second-order valence-electron chi connectivity index (χ2n) is 17.9. The van der Waals surface area contributed by atoms with Gasteiger partial charge < -0.3 is 18.8 Å². The maximum absolute atomic E-state index is 7.80. The molecule has 1 aliphatic carbocycles. The maximum Gasteiger partial charge on any atom is 0.188 e. The topological polar surface area (TPSA) is 56.8 Å². The van der Waals surface area contributed by atoms with Crippen molar-refractivity contribution in [3.8, 4) is 34.3 Å². The highest BCUT2D eigenvalue weighted by Gasteiger charge is 2.52. The SMILES string of the molecule is [C-]#[N+]c1ccc2c(c1)c1cc([N+]#[C-])ccc1n2-c1cnc2c(c1)C1(c3ccccc3Oc3cc(-n4c5ccccc5c5cc(N6c7ccccc7Sc7ccccc76)ccc54)ccc31)c1cccnc1-2. The lowest BCUT2D eigenvalue weighted by Crippen LogP contribution is -2.32. The number of anilines is 3. The van der Waals surface area contributed by atoms with Crippen LogP contribution in [-0.2, 0) is 5.41 Å². The van der Waals surface area contributed by atoms with Crippen molar-refractivity contribution < 1.29 is 4.74 Å². The normalized spacial score (nSPS) is 14.9. The molecule has 1 spiro atoms. The highest BCUT2D eigenvalue weighted by molar-refractivity contribution is 7.99. The van der Waals surface area contributed by atoms with E-state index in [-0.39, 0.29) is 0 Å². The Morgan fingerprint density at radius 2 is 1.03 bits per heavy atom. The van der Waals surface area contributed by atoms with Crippen molar-refractivity contribution in [1.82, 2.24) is 19.1 Å². The average molecular weight is 912 g/mol. The van der Waals surface area contributed by atoms with E-state index < -0.39 is 5.41 Å². The zero-order valence-corrected chi connectivity index (χ0v) is 37.8. The Bertz CT molecular complexity index is 4270.